The normalized spacial score (nSPS) is 11.6. The van der Waals surface area contributed by atoms with Gasteiger partial charge in [-0.05, 0) is 42.5 Å². The van der Waals surface area contributed by atoms with Crippen molar-refractivity contribution in [2.75, 3.05) is 10.0 Å². The molecule has 0 saturated carbocycles. The lowest BCUT2D eigenvalue weighted by Gasteiger charge is -2.11. The van der Waals surface area contributed by atoms with E-state index in [0.717, 1.165) is 6.07 Å². The van der Waals surface area contributed by atoms with Gasteiger partial charge in [0.05, 0.1) is 10.5 Å². The fourth-order valence-corrected chi connectivity index (χ4v) is 4.07. The van der Waals surface area contributed by atoms with E-state index >= 15 is 0 Å². The van der Waals surface area contributed by atoms with Crippen LogP contribution in [0.1, 0.15) is 10.4 Å². The molecule has 11 nitrogen and oxygen atoms in total. The average Bonchev–Trinajstić information content (AvgIpc) is 2.67. The third kappa shape index (κ3) is 4.89. The molecule has 0 amide bonds. The number of rotatable bonds is 7. The number of hydrogen-bond donors (Lipinski definition) is 4. The molecule has 0 aliphatic heterocycles. The number of anilines is 3. The Morgan fingerprint density at radius 2 is 1.63 bits per heavy atom. The fourth-order valence-electron chi connectivity index (χ4n) is 2.41. The highest BCUT2D eigenvalue weighted by Crippen LogP contribution is 2.20. The SMILES string of the molecule is NS(=O)(=O)c1ccc(Nc2ccnc(NS(=O)(=O)c3ccccc3C(=O)O)n2)cc1. The average molecular weight is 449 g/mol. The fraction of sp³-hybridized carbons (Fsp3) is 0. The number of sulfonamides is 2. The predicted molar refractivity (Wildman–Crippen MR) is 107 cm³/mol. The van der Waals surface area contributed by atoms with Crippen LogP contribution in [0, 0.1) is 0 Å². The molecule has 0 aliphatic carbocycles. The van der Waals surface area contributed by atoms with E-state index in [1.165, 1.54) is 54.7 Å². The van der Waals surface area contributed by atoms with E-state index < -0.39 is 36.5 Å². The number of carboxylic acid groups (broad SMARTS) is 1. The van der Waals surface area contributed by atoms with Crippen molar-refractivity contribution in [1.29, 1.82) is 0 Å². The van der Waals surface area contributed by atoms with Crippen molar-refractivity contribution in [2.24, 2.45) is 5.14 Å². The highest BCUT2D eigenvalue weighted by molar-refractivity contribution is 7.92. The minimum atomic E-state index is -4.26. The molecule has 0 atom stereocenters. The molecule has 1 heterocycles. The van der Waals surface area contributed by atoms with Gasteiger partial charge in [-0.15, -0.1) is 0 Å². The number of nitrogens with zero attached hydrogens (tertiary/aromatic N) is 2. The summed E-state index contributed by atoms with van der Waals surface area (Å²) in [5, 5.41) is 17.1. The predicted octanol–water partition coefficient (Wildman–Crippen LogP) is 1.37. The first-order chi connectivity index (χ1) is 14.1. The molecular weight excluding hydrogens is 434 g/mol. The number of carboxylic acids is 1. The monoisotopic (exact) mass is 449 g/mol. The van der Waals surface area contributed by atoms with Gasteiger partial charge in [0.1, 0.15) is 10.7 Å². The summed E-state index contributed by atoms with van der Waals surface area (Å²) in [7, 11) is -8.09. The van der Waals surface area contributed by atoms with Crippen LogP contribution in [-0.4, -0.2) is 37.9 Å². The first-order valence-corrected chi connectivity index (χ1v) is 11.2. The maximum atomic E-state index is 12.6. The Morgan fingerprint density at radius 1 is 0.967 bits per heavy atom. The molecular formula is C17H15N5O6S2. The van der Waals surface area contributed by atoms with Crippen LogP contribution in [0.5, 0.6) is 0 Å². The Hall–Kier alpha value is -3.55. The molecule has 0 bridgehead atoms. The molecule has 0 unspecified atom stereocenters. The molecule has 0 spiro atoms. The van der Waals surface area contributed by atoms with E-state index in [1.54, 1.807) is 0 Å². The summed E-state index contributed by atoms with van der Waals surface area (Å²) in [4.78, 5) is 18.6. The number of hydrogen-bond acceptors (Lipinski definition) is 8. The summed E-state index contributed by atoms with van der Waals surface area (Å²) in [5.41, 5.74) is 0.0698. The molecule has 0 fully saturated rings. The van der Waals surface area contributed by atoms with Crippen molar-refractivity contribution < 1.29 is 26.7 Å². The zero-order chi connectivity index (χ0) is 21.9. The third-order valence-electron chi connectivity index (χ3n) is 3.74. The van der Waals surface area contributed by atoms with Gasteiger partial charge in [-0.1, -0.05) is 12.1 Å². The number of primary sulfonamides is 1. The number of benzene rings is 2. The van der Waals surface area contributed by atoms with Gasteiger partial charge in [0, 0.05) is 11.9 Å². The summed E-state index contributed by atoms with van der Waals surface area (Å²) in [6.45, 7) is 0. The lowest BCUT2D eigenvalue weighted by molar-refractivity contribution is 0.0692. The quantitative estimate of drug-likeness (QED) is 0.414. The van der Waals surface area contributed by atoms with E-state index in [-0.39, 0.29) is 16.7 Å². The van der Waals surface area contributed by atoms with E-state index in [9.17, 15) is 26.7 Å². The maximum Gasteiger partial charge on any atom is 0.337 e. The standard InChI is InChI=1S/C17H15N5O6S2/c18-29(25,26)12-7-5-11(6-8-12)20-15-9-10-19-17(21-15)22-30(27,28)14-4-2-1-3-13(14)16(23)24/h1-10H,(H,23,24)(H2,18,25,26)(H2,19,20,21,22). The van der Waals surface area contributed by atoms with Gasteiger partial charge in [-0.3, -0.25) is 0 Å². The topological polar surface area (TPSA) is 181 Å². The molecule has 13 heteroatoms. The summed E-state index contributed by atoms with van der Waals surface area (Å²) < 4.78 is 49.9. The first-order valence-electron chi connectivity index (χ1n) is 8.14. The zero-order valence-corrected chi connectivity index (χ0v) is 16.7. The second-order valence-corrected chi connectivity index (χ2v) is 9.08. The molecule has 0 radical (unpaired) electrons. The largest absolute Gasteiger partial charge is 0.478 e. The lowest BCUT2D eigenvalue weighted by Crippen LogP contribution is -2.18. The van der Waals surface area contributed by atoms with Crippen LogP contribution in [-0.2, 0) is 20.0 Å². The van der Waals surface area contributed by atoms with Gasteiger partial charge >= 0.3 is 5.97 Å². The Kier molecular flexibility index (Phi) is 5.69. The summed E-state index contributed by atoms with van der Waals surface area (Å²) >= 11 is 0. The molecule has 1 aromatic heterocycles. The molecule has 2 aromatic carbocycles. The van der Waals surface area contributed by atoms with Crippen molar-refractivity contribution in [3.05, 3.63) is 66.4 Å². The molecule has 0 saturated heterocycles. The van der Waals surface area contributed by atoms with Crippen LogP contribution in [0.3, 0.4) is 0 Å². The van der Waals surface area contributed by atoms with E-state index in [4.69, 9.17) is 5.14 Å². The maximum absolute atomic E-state index is 12.6. The van der Waals surface area contributed by atoms with Gasteiger partial charge in [0.2, 0.25) is 16.0 Å². The van der Waals surface area contributed by atoms with Crippen LogP contribution in [0.4, 0.5) is 17.5 Å². The van der Waals surface area contributed by atoms with Crippen LogP contribution in [0.15, 0.2) is 70.6 Å². The molecule has 5 N–H and O–H groups in total. The Morgan fingerprint density at radius 3 is 2.27 bits per heavy atom. The van der Waals surface area contributed by atoms with E-state index in [1.807, 2.05) is 0 Å². The van der Waals surface area contributed by atoms with Gasteiger partial charge < -0.3 is 10.4 Å². The zero-order valence-electron chi connectivity index (χ0n) is 15.1. The summed E-state index contributed by atoms with van der Waals surface area (Å²) in [6.07, 6.45) is 1.29. The Balaban J connectivity index is 1.83. The second kappa shape index (κ2) is 8.06. The Labute approximate surface area is 171 Å². The van der Waals surface area contributed by atoms with Gasteiger partial charge in [0.15, 0.2) is 0 Å². The van der Waals surface area contributed by atoms with Gasteiger partial charge in [-0.25, -0.2) is 36.5 Å². The minimum Gasteiger partial charge on any atom is -0.478 e. The molecule has 3 rings (SSSR count). The smallest absolute Gasteiger partial charge is 0.337 e. The van der Waals surface area contributed by atoms with Crippen molar-refractivity contribution in [1.82, 2.24) is 9.97 Å². The number of nitrogens with one attached hydrogen (secondary N) is 2. The van der Waals surface area contributed by atoms with Crippen molar-refractivity contribution >= 4 is 43.5 Å². The third-order valence-corrected chi connectivity index (χ3v) is 6.06. The van der Waals surface area contributed by atoms with Crippen molar-refractivity contribution in [3.8, 4) is 0 Å². The van der Waals surface area contributed by atoms with Gasteiger partial charge in [-0.2, -0.15) is 4.98 Å². The van der Waals surface area contributed by atoms with Gasteiger partial charge in [0.25, 0.3) is 10.0 Å². The number of aromatic carboxylic acids is 1. The van der Waals surface area contributed by atoms with E-state index in [2.05, 4.69) is 20.0 Å². The first kappa shape index (κ1) is 21.2. The lowest BCUT2D eigenvalue weighted by atomic mass is 10.2. The summed E-state index contributed by atoms with van der Waals surface area (Å²) in [5.74, 6) is -1.48. The van der Waals surface area contributed by atoms with Crippen LogP contribution < -0.4 is 15.2 Å². The van der Waals surface area contributed by atoms with Crippen LogP contribution in [0.25, 0.3) is 0 Å². The highest BCUT2D eigenvalue weighted by atomic mass is 32.2. The van der Waals surface area contributed by atoms with E-state index in [0.29, 0.717) is 5.69 Å². The van der Waals surface area contributed by atoms with Crippen molar-refractivity contribution in [3.63, 3.8) is 0 Å². The van der Waals surface area contributed by atoms with Crippen molar-refractivity contribution in [2.45, 2.75) is 9.79 Å². The highest BCUT2D eigenvalue weighted by Gasteiger charge is 2.22. The number of aromatic nitrogens is 2. The minimum absolute atomic E-state index is 0.0683. The molecule has 3 aromatic rings. The number of carbonyl (C=O) groups is 1. The molecule has 30 heavy (non-hydrogen) atoms. The summed E-state index contributed by atoms with van der Waals surface area (Å²) in [6, 6.07) is 12.1. The second-order valence-electron chi connectivity index (χ2n) is 5.87. The van der Waals surface area contributed by atoms with Crippen LogP contribution in [0.2, 0.25) is 0 Å². The Bertz CT molecular complexity index is 1310. The number of nitrogens with two attached hydrogens (primary N) is 1. The van der Waals surface area contributed by atoms with Crippen LogP contribution >= 0.6 is 0 Å². The molecule has 0 aliphatic rings. The molecule has 156 valence electrons.